The molecule has 3 N–H and O–H groups in total. The molecule has 0 aliphatic rings. The Bertz CT molecular complexity index is 1050. The molecular formula is C21H25ClN8O. The van der Waals surface area contributed by atoms with Crippen molar-refractivity contribution in [2.75, 3.05) is 36.6 Å². The molecule has 0 saturated heterocycles. The van der Waals surface area contributed by atoms with E-state index in [1.165, 1.54) is 12.3 Å². The minimum atomic E-state index is -0.260. The lowest BCUT2D eigenvalue weighted by Crippen LogP contribution is -2.18. The van der Waals surface area contributed by atoms with Crippen LogP contribution >= 0.6 is 11.6 Å². The summed E-state index contributed by atoms with van der Waals surface area (Å²) in [5.41, 5.74) is 2.43. The topological polar surface area (TPSA) is 100 Å². The van der Waals surface area contributed by atoms with Gasteiger partial charge in [-0.25, -0.2) is 4.98 Å². The van der Waals surface area contributed by atoms with Crippen LogP contribution in [0.3, 0.4) is 0 Å². The predicted octanol–water partition coefficient (Wildman–Crippen LogP) is 3.37. The van der Waals surface area contributed by atoms with E-state index >= 15 is 0 Å². The quantitative estimate of drug-likeness (QED) is 0.415. The standard InChI is InChI=1S/C21H25ClN8O/c1-4-19(31)26-16-7-5-6-15(10-16)11-23-20-18(22)13-24-21(28-20)27-17-12-25-30(14-17)9-8-29(2)3/h4-7,10,12-14H,1,8-9,11H2,2-3H3,(H,26,31)(H2,23,24,27,28). The van der Waals surface area contributed by atoms with Crippen LogP contribution in [0.25, 0.3) is 0 Å². The normalized spacial score (nSPS) is 10.7. The third-order valence-corrected chi connectivity index (χ3v) is 4.53. The Kier molecular flexibility index (Phi) is 7.58. The summed E-state index contributed by atoms with van der Waals surface area (Å²) in [7, 11) is 4.04. The van der Waals surface area contributed by atoms with Crippen molar-refractivity contribution in [3.63, 3.8) is 0 Å². The molecule has 0 aliphatic carbocycles. The summed E-state index contributed by atoms with van der Waals surface area (Å²) in [4.78, 5) is 22.3. The van der Waals surface area contributed by atoms with E-state index < -0.39 is 0 Å². The van der Waals surface area contributed by atoms with Gasteiger partial charge in [0.05, 0.1) is 24.6 Å². The molecule has 2 heterocycles. The monoisotopic (exact) mass is 440 g/mol. The van der Waals surface area contributed by atoms with Gasteiger partial charge in [0.15, 0.2) is 5.82 Å². The van der Waals surface area contributed by atoms with Gasteiger partial charge in [0.2, 0.25) is 11.9 Å². The highest BCUT2D eigenvalue weighted by Gasteiger charge is 2.08. The predicted molar refractivity (Wildman–Crippen MR) is 124 cm³/mol. The van der Waals surface area contributed by atoms with E-state index in [0.717, 1.165) is 24.3 Å². The number of rotatable bonds is 10. The van der Waals surface area contributed by atoms with Gasteiger partial charge < -0.3 is 20.9 Å². The van der Waals surface area contributed by atoms with Gasteiger partial charge in [0.25, 0.3) is 0 Å². The van der Waals surface area contributed by atoms with Crippen molar-refractivity contribution in [2.24, 2.45) is 0 Å². The fourth-order valence-electron chi connectivity index (χ4n) is 2.67. The number of carbonyl (C=O) groups is 1. The number of nitrogens with zero attached hydrogens (tertiary/aromatic N) is 5. The van der Waals surface area contributed by atoms with E-state index in [1.807, 2.05) is 49.2 Å². The van der Waals surface area contributed by atoms with E-state index in [2.05, 4.69) is 42.5 Å². The SMILES string of the molecule is C=CC(=O)Nc1cccc(CNc2nc(Nc3cnn(CCN(C)C)c3)ncc2Cl)c1. The van der Waals surface area contributed by atoms with Gasteiger partial charge in [0, 0.05) is 25.0 Å². The number of aromatic nitrogens is 4. The van der Waals surface area contributed by atoms with E-state index in [1.54, 1.807) is 6.20 Å². The summed E-state index contributed by atoms with van der Waals surface area (Å²) in [6.45, 7) is 5.60. The van der Waals surface area contributed by atoms with Crippen LogP contribution in [-0.2, 0) is 17.9 Å². The van der Waals surface area contributed by atoms with Crippen molar-refractivity contribution in [1.29, 1.82) is 0 Å². The minimum Gasteiger partial charge on any atom is -0.365 e. The lowest BCUT2D eigenvalue weighted by Gasteiger charge is -2.11. The van der Waals surface area contributed by atoms with E-state index in [9.17, 15) is 4.79 Å². The van der Waals surface area contributed by atoms with Gasteiger partial charge in [-0.2, -0.15) is 10.1 Å². The van der Waals surface area contributed by atoms with Crippen LogP contribution in [0.15, 0.2) is 55.5 Å². The molecule has 0 bridgehead atoms. The van der Waals surface area contributed by atoms with Gasteiger partial charge in [0.1, 0.15) is 5.02 Å². The van der Waals surface area contributed by atoms with Crippen molar-refractivity contribution in [3.05, 3.63) is 66.1 Å². The molecule has 0 radical (unpaired) electrons. The smallest absolute Gasteiger partial charge is 0.247 e. The Labute approximate surface area is 186 Å². The summed E-state index contributed by atoms with van der Waals surface area (Å²) in [5, 5.41) is 13.8. The van der Waals surface area contributed by atoms with Crippen molar-refractivity contribution >= 4 is 40.6 Å². The molecule has 0 fully saturated rings. The molecule has 31 heavy (non-hydrogen) atoms. The third kappa shape index (κ3) is 6.80. The Morgan fingerprint density at radius 1 is 1.29 bits per heavy atom. The summed E-state index contributed by atoms with van der Waals surface area (Å²) < 4.78 is 1.86. The Balaban J connectivity index is 1.63. The third-order valence-electron chi connectivity index (χ3n) is 4.25. The number of anilines is 4. The zero-order chi connectivity index (χ0) is 22.2. The second-order valence-corrected chi connectivity index (χ2v) is 7.47. The first-order valence-corrected chi connectivity index (χ1v) is 10.0. The molecule has 9 nitrogen and oxygen atoms in total. The molecule has 1 amide bonds. The maximum absolute atomic E-state index is 11.5. The van der Waals surface area contributed by atoms with Crippen LogP contribution < -0.4 is 16.0 Å². The second kappa shape index (κ2) is 10.6. The minimum absolute atomic E-state index is 0.260. The molecule has 0 aliphatic heterocycles. The van der Waals surface area contributed by atoms with Gasteiger partial charge in [-0.1, -0.05) is 30.3 Å². The fourth-order valence-corrected chi connectivity index (χ4v) is 2.83. The first kappa shape index (κ1) is 22.3. The molecule has 10 heteroatoms. The molecule has 0 saturated carbocycles. The zero-order valence-electron chi connectivity index (χ0n) is 17.5. The Morgan fingerprint density at radius 2 is 2.13 bits per heavy atom. The van der Waals surface area contributed by atoms with Crippen LogP contribution in [0.4, 0.5) is 23.1 Å². The van der Waals surface area contributed by atoms with Crippen molar-refractivity contribution in [2.45, 2.75) is 13.1 Å². The van der Waals surface area contributed by atoms with Gasteiger partial charge in [-0.05, 0) is 37.9 Å². The average Bonchev–Trinajstić information content (AvgIpc) is 3.20. The number of likely N-dealkylation sites (N-methyl/N-ethyl adjacent to an activating group) is 1. The number of hydrogen-bond donors (Lipinski definition) is 3. The highest BCUT2D eigenvalue weighted by atomic mass is 35.5. The lowest BCUT2D eigenvalue weighted by atomic mass is 10.2. The average molecular weight is 441 g/mol. The summed E-state index contributed by atoms with van der Waals surface area (Å²) in [6.07, 6.45) is 6.39. The lowest BCUT2D eigenvalue weighted by molar-refractivity contribution is -0.111. The maximum atomic E-state index is 11.5. The molecule has 162 valence electrons. The zero-order valence-corrected chi connectivity index (χ0v) is 18.2. The van der Waals surface area contributed by atoms with E-state index in [4.69, 9.17) is 11.6 Å². The molecule has 0 spiro atoms. The summed E-state index contributed by atoms with van der Waals surface area (Å²) >= 11 is 6.25. The molecule has 0 atom stereocenters. The molecule has 3 aromatic rings. The largest absolute Gasteiger partial charge is 0.365 e. The van der Waals surface area contributed by atoms with Crippen LogP contribution in [-0.4, -0.2) is 51.2 Å². The number of benzene rings is 1. The summed E-state index contributed by atoms with van der Waals surface area (Å²) in [6, 6.07) is 7.47. The van der Waals surface area contributed by atoms with Crippen LogP contribution in [0, 0.1) is 0 Å². The Morgan fingerprint density at radius 3 is 2.90 bits per heavy atom. The first-order chi connectivity index (χ1) is 14.9. The highest BCUT2D eigenvalue weighted by molar-refractivity contribution is 6.32. The van der Waals surface area contributed by atoms with E-state index in [-0.39, 0.29) is 5.91 Å². The molecular weight excluding hydrogens is 416 g/mol. The highest BCUT2D eigenvalue weighted by Crippen LogP contribution is 2.22. The van der Waals surface area contributed by atoms with Crippen molar-refractivity contribution in [3.8, 4) is 0 Å². The Hall–Kier alpha value is -3.43. The van der Waals surface area contributed by atoms with Crippen LogP contribution in [0.1, 0.15) is 5.56 Å². The van der Waals surface area contributed by atoms with Crippen LogP contribution in [0.2, 0.25) is 5.02 Å². The van der Waals surface area contributed by atoms with Crippen molar-refractivity contribution < 1.29 is 4.79 Å². The molecule has 0 unspecified atom stereocenters. The van der Waals surface area contributed by atoms with Gasteiger partial charge in [-0.15, -0.1) is 0 Å². The van der Waals surface area contributed by atoms with Crippen LogP contribution in [0.5, 0.6) is 0 Å². The number of hydrogen-bond acceptors (Lipinski definition) is 7. The van der Waals surface area contributed by atoms with E-state index in [0.29, 0.717) is 29.0 Å². The number of nitrogens with one attached hydrogen (secondary N) is 3. The van der Waals surface area contributed by atoms with Gasteiger partial charge in [-0.3, -0.25) is 9.48 Å². The molecule has 3 rings (SSSR count). The first-order valence-electron chi connectivity index (χ1n) is 9.66. The van der Waals surface area contributed by atoms with Crippen molar-refractivity contribution in [1.82, 2.24) is 24.6 Å². The molecule has 2 aromatic heterocycles. The number of carbonyl (C=O) groups excluding carboxylic acids is 1. The number of halogens is 1. The molecule has 1 aromatic carbocycles. The number of amides is 1. The summed E-state index contributed by atoms with van der Waals surface area (Å²) in [5.74, 6) is 0.649. The van der Waals surface area contributed by atoms with Gasteiger partial charge >= 0.3 is 0 Å². The fraction of sp³-hybridized carbons (Fsp3) is 0.238. The maximum Gasteiger partial charge on any atom is 0.247 e. The second-order valence-electron chi connectivity index (χ2n) is 7.06.